The molecule has 1 aliphatic heterocycles. The molecule has 2 aromatic heterocycles. The van der Waals surface area contributed by atoms with Crippen LogP contribution in [0.1, 0.15) is 66.3 Å². The third kappa shape index (κ3) is 5.44. The van der Waals surface area contributed by atoms with Crippen LogP contribution in [-0.4, -0.2) is 40.6 Å². The van der Waals surface area contributed by atoms with E-state index < -0.39 is 0 Å². The third-order valence-corrected chi connectivity index (χ3v) is 8.03. The smallest absolute Gasteiger partial charge is 0.231 e. The van der Waals surface area contributed by atoms with Gasteiger partial charge in [-0.2, -0.15) is 10.2 Å². The molecule has 7 nitrogen and oxygen atoms in total. The summed E-state index contributed by atoms with van der Waals surface area (Å²) in [7, 11) is 0. The van der Waals surface area contributed by atoms with Crippen LogP contribution in [0.3, 0.4) is 0 Å². The third-order valence-electron chi connectivity index (χ3n) is 6.82. The fraction of sp³-hybridized carbons (Fsp3) is 0.462. The number of piperidine rings is 1. The summed E-state index contributed by atoms with van der Waals surface area (Å²) in [5, 5.41) is 17.4. The van der Waals surface area contributed by atoms with Gasteiger partial charge in [-0.1, -0.05) is 23.7 Å². The fourth-order valence-electron chi connectivity index (χ4n) is 5.00. The molecule has 2 aliphatic rings. The number of nitrogens with one attached hydrogen (secondary N) is 1. The van der Waals surface area contributed by atoms with Crippen molar-refractivity contribution >= 4 is 22.2 Å². The molecule has 9 heteroatoms. The topological polar surface area (TPSA) is 95.1 Å². The minimum absolute atomic E-state index is 0.0637. The summed E-state index contributed by atoms with van der Waals surface area (Å²) in [6.07, 6.45) is 7.63. The van der Waals surface area contributed by atoms with Gasteiger partial charge in [0, 0.05) is 30.0 Å². The Morgan fingerprint density at radius 1 is 1.29 bits per heavy atom. The van der Waals surface area contributed by atoms with Crippen molar-refractivity contribution < 1.29 is 13.7 Å². The number of aromatic nitrogens is 2. The van der Waals surface area contributed by atoms with Crippen LogP contribution in [0, 0.1) is 17.1 Å². The van der Waals surface area contributed by atoms with E-state index in [2.05, 4.69) is 26.4 Å². The number of likely N-dealkylation sites (tertiary alicyclic amines) is 1. The van der Waals surface area contributed by atoms with Crippen LogP contribution in [0.4, 0.5) is 9.39 Å². The lowest BCUT2D eigenvalue weighted by Crippen LogP contribution is -2.36. The standard InChI is InChI=1S/C26H28FN5O2S/c27-19-8-4-6-17(14-19)24-30-25(34-31-24)18-7-5-12-32(16-18)13-11-23(33)29-26-21(15-28)20-9-2-1-3-10-22(20)35-26/h4,6,8,14,18H,1-3,5,7,9-13,16H2,(H,29,33). The molecule has 0 spiro atoms. The predicted octanol–water partition coefficient (Wildman–Crippen LogP) is 5.29. The van der Waals surface area contributed by atoms with Crippen LogP contribution >= 0.6 is 11.3 Å². The first-order valence-electron chi connectivity index (χ1n) is 12.3. The molecule has 1 fully saturated rings. The zero-order valence-electron chi connectivity index (χ0n) is 19.6. The minimum Gasteiger partial charge on any atom is -0.339 e. The second-order valence-corrected chi connectivity index (χ2v) is 10.4. The molecule has 1 amide bonds. The summed E-state index contributed by atoms with van der Waals surface area (Å²) < 4.78 is 19.0. The van der Waals surface area contributed by atoms with Crippen LogP contribution in [-0.2, 0) is 17.6 Å². The molecule has 5 rings (SSSR count). The monoisotopic (exact) mass is 493 g/mol. The highest BCUT2D eigenvalue weighted by Crippen LogP contribution is 2.37. The molecule has 0 radical (unpaired) electrons. The average molecular weight is 494 g/mol. The Balaban J connectivity index is 1.17. The number of rotatable bonds is 6. The van der Waals surface area contributed by atoms with E-state index in [0.717, 1.165) is 57.2 Å². The summed E-state index contributed by atoms with van der Waals surface area (Å²) in [5.41, 5.74) is 2.39. The van der Waals surface area contributed by atoms with Gasteiger partial charge in [0.1, 0.15) is 16.9 Å². The lowest BCUT2D eigenvalue weighted by molar-refractivity contribution is -0.116. The lowest BCUT2D eigenvalue weighted by atomic mass is 9.98. The number of hydrogen-bond acceptors (Lipinski definition) is 7. The largest absolute Gasteiger partial charge is 0.339 e. The fourth-order valence-corrected chi connectivity index (χ4v) is 6.26. The first-order valence-corrected chi connectivity index (χ1v) is 13.1. The average Bonchev–Trinajstić information content (AvgIpc) is 3.41. The second kappa shape index (κ2) is 10.7. The number of thiophene rings is 1. The molecule has 1 aliphatic carbocycles. The summed E-state index contributed by atoms with van der Waals surface area (Å²) in [4.78, 5) is 20.7. The number of benzene rings is 1. The van der Waals surface area contributed by atoms with Gasteiger partial charge in [0.15, 0.2) is 0 Å². The van der Waals surface area contributed by atoms with Gasteiger partial charge in [0.05, 0.1) is 11.5 Å². The summed E-state index contributed by atoms with van der Waals surface area (Å²) in [5.74, 6) is 0.623. The molecule has 1 N–H and O–H groups in total. The van der Waals surface area contributed by atoms with Crippen molar-refractivity contribution in [3.8, 4) is 17.5 Å². The van der Waals surface area contributed by atoms with Gasteiger partial charge in [-0.25, -0.2) is 4.39 Å². The molecular formula is C26H28FN5O2S. The van der Waals surface area contributed by atoms with Crippen molar-refractivity contribution in [2.24, 2.45) is 0 Å². The van der Waals surface area contributed by atoms with Gasteiger partial charge in [0.2, 0.25) is 17.6 Å². The number of amides is 1. The van der Waals surface area contributed by atoms with Crippen LogP contribution in [0.5, 0.6) is 0 Å². The maximum atomic E-state index is 13.5. The van der Waals surface area contributed by atoms with Crippen molar-refractivity contribution in [2.45, 2.75) is 57.3 Å². The normalized spacial score (nSPS) is 18.5. The van der Waals surface area contributed by atoms with Crippen molar-refractivity contribution in [3.05, 3.63) is 52.0 Å². The summed E-state index contributed by atoms with van der Waals surface area (Å²) in [6.45, 7) is 2.26. The Morgan fingerprint density at radius 2 is 2.17 bits per heavy atom. The van der Waals surface area contributed by atoms with E-state index in [4.69, 9.17) is 4.52 Å². The van der Waals surface area contributed by atoms with E-state index in [0.29, 0.717) is 40.8 Å². The number of aryl methyl sites for hydroxylation is 1. The Morgan fingerprint density at radius 3 is 3.03 bits per heavy atom. The number of carbonyl (C=O) groups is 1. The molecular weight excluding hydrogens is 465 g/mol. The van der Waals surface area contributed by atoms with Crippen LogP contribution < -0.4 is 5.32 Å². The first-order chi connectivity index (χ1) is 17.1. The maximum absolute atomic E-state index is 13.5. The maximum Gasteiger partial charge on any atom is 0.231 e. The highest BCUT2D eigenvalue weighted by atomic mass is 32.1. The molecule has 1 atom stereocenters. The Kier molecular flexibility index (Phi) is 7.21. The van der Waals surface area contributed by atoms with Crippen LogP contribution in [0.25, 0.3) is 11.4 Å². The molecule has 182 valence electrons. The van der Waals surface area contributed by atoms with Crippen LogP contribution in [0.15, 0.2) is 28.8 Å². The Labute approximate surface area is 207 Å². The van der Waals surface area contributed by atoms with E-state index in [9.17, 15) is 14.4 Å². The van der Waals surface area contributed by atoms with E-state index in [1.54, 1.807) is 23.5 Å². The van der Waals surface area contributed by atoms with Crippen LogP contribution in [0.2, 0.25) is 0 Å². The molecule has 1 saturated heterocycles. The van der Waals surface area contributed by atoms with E-state index in [-0.39, 0.29) is 17.6 Å². The van der Waals surface area contributed by atoms with E-state index in [1.807, 2.05) is 0 Å². The number of carbonyl (C=O) groups excluding carboxylic acids is 1. The van der Waals surface area contributed by atoms with Gasteiger partial charge in [-0.3, -0.25) is 4.79 Å². The molecule has 3 heterocycles. The number of hydrogen-bond donors (Lipinski definition) is 1. The van der Waals surface area contributed by atoms with E-state index in [1.165, 1.54) is 23.4 Å². The summed E-state index contributed by atoms with van der Waals surface area (Å²) >= 11 is 1.57. The van der Waals surface area contributed by atoms with Crippen molar-refractivity contribution in [3.63, 3.8) is 0 Å². The number of fused-ring (bicyclic) bond motifs is 1. The molecule has 1 unspecified atom stereocenters. The first kappa shape index (κ1) is 23.6. The zero-order valence-corrected chi connectivity index (χ0v) is 20.4. The molecule has 1 aromatic carbocycles. The second-order valence-electron chi connectivity index (χ2n) is 9.28. The highest BCUT2D eigenvalue weighted by molar-refractivity contribution is 7.16. The number of nitrogens with zero attached hydrogens (tertiary/aromatic N) is 4. The molecule has 3 aromatic rings. The van der Waals surface area contributed by atoms with E-state index >= 15 is 0 Å². The molecule has 35 heavy (non-hydrogen) atoms. The van der Waals surface area contributed by atoms with Gasteiger partial charge in [-0.15, -0.1) is 11.3 Å². The Bertz CT molecular complexity index is 1250. The van der Waals surface area contributed by atoms with Crippen molar-refractivity contribution in [1.29, 1.82) is 5.26 Å². The Hall–Kier alpha value is -3.09. The number of anilines is 1. The predicted molar refractivity (Wildman–Crippen MR) is 132 cm³/mol. The van der Waals surface area contributed by atoms with Gasteiger partial charge < -0.3 is 14.7 Å². The summed E-state index contributed by atoms with van der Waals surface area (Å²) in [6, 6.07) is 8.48. The van der Waals surface area contributed by atoms with Gasteiger partial charge in [0.25, 0.3) is 0 Å². The van der Waals surface area contributed by atoms with Gasteiger partial charge >= 0.3 is 0 Å². The SMILES string of the molecule is N#Cc1c(NC(=O)CCN2CCCC(c3nc(-c4cccc(F)c4)no3)C2)sc2c1CCCCC2. The highest BCUT2D eigenvalue weighted by Gasteiger charge is 2.27. The van der Waals surface area contributed by atoms with Crippen molar-refractivity contribution in [2.75, 3.05) is 25.0 Å². The number of halogens is 1. The minimum atomic E-state index is -0.337. The van der Waals surface area contributed by atoms with Gasteiger partial charge in [-0.05, 0) is 62.8 Å². The number of nitriles is 1. The molecule has 0 saturated carbocycles. The quantitative estimate of drug-likeness (QED) is 0.469. The van der Waals surface area contributed by atoms with Crippen molar-refractivity contribution in [1.82, 2.24) is 15.0 Å². The lowest BCUT2D eigenvalue weighted by Gasteiger charge is -2.30. The zero-order chi connectivity index (χ0) is 24.2. The molecule has 0 bridgehead atoms.